The van der Waals surface area contributed by atoms with Crippen molar-refractivity contribution >= 4 is 11.8 Å². The molecule has 1 aliphatic rings. The van der Waals surface area contributed by atoms with Gasteiger partial charge in [-0.3, -0.25) is 0 Å². The summed E-state index contributed by atoms with van der Waals surface area (Å²) in [5.74, 6) is 0.704. The predicted molar refractivity (Wildman–Crippen MR) is 123 cm³/mol. The molecule has 2 amide bonds. The molecule has 2 heterocycles. The Morgan fingerprint density at radius 2 is 1.97 bits per heavy atom. The summed E-state index contributed by atoms with van der Waals surface area (Å²) in [5.41, 5.74) is 3.08. The number of likely N-dealkylation sites (N-methyl/N-ethyl adjacent to an activating group) is 1. The lowest BCUT2D eigenvalue weighted by molar-refractivity contribution is 0.195. The molecule has 0 saturated carbocycles. The van der Waals surface area contributed by atoms with Crippen LogP contribution in [0.25, 0.3) is 0 Å². The summed E-state index contributed by atoms with van der Waals surface area (Å²) in [4.78, 5) is 23.4. The van der Waals surface area contributed by atoms with Crippen molar-refractivity contribution in [2.75, 3.05) is 51.7 Å². The van der Waals surface area contributed by atoms with Crippen molar-refractivity contribution in [1.82, 2.24) is 20.1 Å². The monoisotopic (exact) mass is 420 g/mol. The minimum atomic E-state index is -0.0413. The highest BCUT2D eigenvalue weighted by atomic mass is 16.2. The number of rotatable bonds is 6. The lowest BCUT2D eigenvalue weighted by Crippen LogP contribution is -2.44. The van der Waals surface area contributed by atoms with Crippen LogP contribution in [0.5, 0.6) is 0 Å². The summed E-state index contributed by atoms with van der Waals surface area (Å²) in [6.45, 7) is 5.43. The van der Waals surface area contributed by atoms with Crippen LogP contribution in [0.3, 0.4) is 0 Å². The van der Waals surface area contributed by atoms with E-state index in [-0.39, 0.29) is 12.1 Å². The molecule has 1 fully saturated rings. The fourth-order valence-corrected chi connectivity index (χ4v) is 3.94. The highest BCUT2D eigenvalue weighted by Crippen LogP contribution is 2.20. The van der Waals surface area contributed by atoms with Crippen LogP contribution in [0.2, 0.25) is 0 Å². The number of pyridine rings is 1. The molecule has 7 nitrogen and oxygen atoms in total. The van der Waals surface area contributed by atoms with Crippen molar-refractivity contribution in [3.63, 3.8) is 0 Å². The molecule has 0 radical (unpaired) electrons. The van der Waals surface area contributed by atoms with E-state index in [4.69, 9.17) is 0 Å². The first-order valence-electron chi connectivity index (χ1n) is 10.9. The zero-order valence-corrected chi connectivity index (χ0v) is 18.7. The van der Waals surface area contributed by atoms with Gasteiger partial charge in [0.2, 0.25) is 0 Å². The molecule has 7 heteroatoms. The quantitative estimate of drug-likeness (QED) is 0.777. The Morgan fingerprint density at radius 1 is 1.19 bits per heavy atom. The van der Waals surface area contributed by atoms with Crippen molar-refractivity contribution in [1.29, 1.82) is 5.26 Å². The number of nitrogens with one attached hydrogen (secondary N) is 1. The van der Waals surface area contributed by atoms with Crippen molar-refractivity contribution in [3.05, 3.63) is 59.3 Å². The lowest BCUT2D eigenvalue weighted by Gasteiger charge is -2.28. The second kappa shape index (κ2) is 10.8. The van der Waals surface area contributed by atoms with Gasteiger partial charge in [-0.05, 0) is 50.2 Å². The van der Waals surface area contributed by atoms with E-state index in [1.165, 1.54) is 11.1 Å². The maximum Gasteiger partial charge on any atom is 0.317 e. The summed E-state index contributed by atoms with van der Waals surface area (Å²) in [5, 5.41) is 12.5. The third-order valence-electron chi connectivity index (χ3n) is 5.83. The van der Waals surface area contributed by atoms with Crippen molar-refractivity contribution in [2.24, 2.45) is 0 Å². The number of urea groups is 1. The molecule has 1 saturated heterocycles. The maximum absolute atomic E-state index is 12.9. The average molecular weight is 421 g/mol. The van der Waals surface area contributed by atoms with E-state index in [1.807, 2.05) is 19.0 Å². The van der Waals surface area contributed by atoms with E-state index in [1.54, 1.807) is 18.3 Å². The highest BCUT2D eigenvalue weighted by molar-refractivity contribution is 5.74. The van der Waals surface area contributed by atoms with Crippen LogP contribution < -0.4 is 10.2 Å². The second-order valence-corrected chi connectivity index (χ2v) is 8.07. The van der Waals surface area contributed by atoms with Crippen LogP contribution in [0.4, 0.5) is 10.6 Å². The SMILES string of the molecule is CCc1ccc(C(CNC(=O)N2CCCN(c3ncccc3C#N)CC2)N(C)C)cc1. The molecular weight excluding hydrogens is 388 g/mol. The number of carbonyl (C=O) groups is 1. The number of aryl methyl sites for hydroxylation is 1. The van der Waals surface area contributed by atoms with Gasteiger partial charge in [-0.1, -0.05) is 31.2 Å². The first-order valence-corrected chi connectivity index (χ1v) is 10.9. The van der Waals surface area contributed by atoms with Gasteiger partial charge in [0.25, 0.3) is 0 Å². The fourth-order valence-electron chi connectivity index (χ4n) is 3.94. The Morgan fingerprint density at radius 3 is 2.65 bits per heavy atom. The van der Waals surface area contributed by atoms with Crippen LogP contribution in [-0.2, 0) is 6.42 Å². The van der Waals surface area contributed by atoms with Crippen LogP contribution in [-0.4, -0.2) is 67.6 Å². The largest absolute Gasteiger partial charge is 0.354 e. The van der Waals surface area contributed by atoms with Gasteiger partial charge in [0.1, 0.15) is 11.9 Å². The molecule has 1 aliphatic heterocycles. The number of benzene rings is 1. The molecule has 1 unspecified atom stereocenters. The Balaban J connectivity index is 1.59. The number of amides is 2. The van der Waals surface area contributed by atoms with Crippen molar-refractivity contribution in [3.8, 4) is 6.07 Å². The van der Waals surface area contributed by atoms with E-state index < -0.39 is 0 Å². The van der Waals surface area contributed by atoms with Gasteiger partial charge in [-0.2, -0.15) is 5.26 Å². The van der Waals surface area contributed by atoms with E-state index >= 15 is 0 Å². The molecule has 2 aromatic rings. The zero-order valence-electron chi connectivity index (χ0n) is 18.7. The summed E-state index contributed by atoms with van der Waals surface area (Å²) >= 11 is 0. The molecule has 1 aromatic heterocycles. The lowest BCUT2D eigenvalue weighted by atomic mass is 10.0. The number of hydrogen-bond acceptors (Lipinski definition) is 5. The predicted octanol–water partition coefficient (Wildman–Crippen LogP) is 3.04. The number of hydrogen-bond donors (Lipinski definition) is 1. The minimum absolute atomic E-state index is 0.0413. The minimum Gasteiger partial charge on any atom is -0.354 e. The fraction of sp³-hybridized carbons (Fsp3) is 0.458. The summed E-state index contributed by atoms with van der Waals surface area (Å²) in [7, 11) is 4.07. The molecule has 164 valence electrons. The first kappa shape index (κ1) is 22.6. The van der Waals surface area contributed by atoms with Gasteiger partial charge in [0, 0.05) is 38.9 Å². The van der Waals surface area contributed by atoms with E-state index in [2.05, 4.69) is 57.4 Å². The summed E-state index contributed by atoms with van der Waals surface area (Å²) in [6.07, 6.45) is 3.56. The standard InChI is InChI=1S/C24H32N6O/c1-4-19-8-10-20(11-9-19)22(28(2)3)18-27-24(31)30-14-6-13-29(15-16-30)23-21(17-25)7-5-12-26-23/h5,7-12,22H,4,6,13-16,18H2,1-3H3,(H,27,31). The molecule has 1 atom stereocenters. The van der Waals surface area contributed by atoms with Gasteiger partial charge in [-0.25, -0.2) is 9.78 Å². The van der Waals surface area contributed by atoms with Gasteiger partial charge in [0.05, 0.1) is 11.6 Å². The topological polar surface area (TPSA) is 75.5 Å². The van der Waals surface area contributed by atoms with Crippen LogP contribution in [0, 0.1) is 11.3 Å². The van der Waals surface area contributed by atoms with Crippen LogP contribution in [0.1, 0.15) is 36.1 Å². The van der Waals surface area contributed by atoms with Crippen LogP contribution >= 0.6 is 0 Å². The highest BCUT2D eigenvalue weighted by Gasteiger charge is 2.22. The molecule has 3 rings (SSSR count). The van der Waals surface area contributed by atoms with Crippen molar-refractivity contribution in [2.45, 2.75) is 25.8 Å². The maximum atomic E-state index is 12.9. The second-order valence-electron chi connectivity index (χ2n) is 8.07. The van der Waals surface area contributed by atoms with E-state index in [9.17, 15) is 10.1 Å². The first-order chi connectivity index (χ1) is 15.0. The van der Waals surface area contributed by atoms with Crippen LogP contribution in [0.15, 0.2) is 42.6 Å². The molecule has 1 aromatic carbocycles. The Kier molecular flexibility index (Phi) is 7.85. The number of carbonyl (C=O) groups excluding carboxylic acids is 1. The Bertz CT molecular complexity index is 905. The number of nitriles is 1. The molecule has 0 spiro atoms. The molecule has 31 heavy (non-hydrogen) atoms. The van der Waals surface area contributed by atoms with Gasteiger partial charge in [0.15, 0.2) is 0 Å². The third kappa shape index (κ3) is 5.74. The molecular formula is C24H32N6O. The Labute approximate surface area is 185 Å². The van der Waals surface area contributed by atoms with Gasteiger partial charge >= 0.3 is 6.03 Å². The molecule has 1 N–H and O–H groups in total. The van der Waals surface area contributed by atoms with Crippen molar-refractivity contribution < 1.29 is 4.79 Å². The zero-order chi connectivity index (χ0) is 22.2. The summed E-state index contributed by atoms with van der Waals surface area (Å²) < 4.78 is 0. The number of nitrogens with zero attached hydrogens (tertiary/aromatic N) is 5. The number of anilines is 1. The third-order valence-corrected chi connectivity index (χ3v) is 5.83. The number of aromatic nitrogens is 1. The molecule has 0 aliphatic carbocycles. The normalized spacial score (nSPS) is 15.3. The van der Waals surface area contributed by atoms with E-state index in [0.717, 1.165) is 19.4 Å². The smallest absolute Gasteiger partial charge is 0.317 e. The summed E-state index contributed by atoms with van der Waals surface area (Å²) in [6, 6.07) is 14.5. The van der Waals surface area contributed by atoms with E-state index in [0.29, 0.717) is 37.6 Å². The Hall–Kier alpha value is -3.11. The van der Waals surface area contributed by atoms with Gasteiger partial charge in [-0.15, -0.1) is 0 Å². The molecule has 0 bridgehead atoms. The van der Waals surface area contributed by atoms with Gasteiger partial charge < -0.3 is 20.0 Å². The average Bonchev–Trinajstić information content (AvgIpc) is 3.05.